The Morgan fingerprint density at radius 1 is 1.04 bits per heavy atom. The summed E-state index contributed by atoms with van der Waals surface area (Å²) in [5.41, 5.74) is 9.25. The van der Waals surface area contributed by atoms with Crippen LogP contribution >= 0.6 is 0 Å². The van der Waals surface area contributed by atoms with Gasteiger partial charge < -0.3 is 31.8 Å². The molecule has 1 N–H and O–H groups in total. The number of allylic oxidation sites excluding steroid dienone is 6. The molecule has 0 saturated heterocycles. The summed E-state index contributed by atoms with van der Waals surface area (Å²) in [6.45, 7) is 11.2. The Hall–Kier alpha value is -1.42. The van der Waals surface area contributed by atoms with Gasteiger partial charge in [-0.1, -0.05) is 79.3 Å². The number of carbonyl (C=O) groups is 1. The van der Waals surface area contributed by atoms with E-state index in [0.29, 0.717) is 5.56 Å². The standard InChI is InChI=1S/C9H11.C7H7NO.C6H10.2CH3.H4Si.Ti/c1-2-5-9-7-3-6-8(9)4-1;8-7(9)6-4-2-1-3-5-6;1-5(2)6(3)4;;;;/h1-2,4-6,8-9H,3,7H2;1-5H,(H2,8,9);1,3H2,2,4H3;2*1H3;1H4;/q-1;;;2*-1;;+4/p-1. The van der Waals surface area contributed by atoms with Gasteiger partial charge in [0.05, 0.1) is 5.91 Å². The Morgan fingerprint density at radius 3 is 1.93 bits per heavy atom. The minimum Gasteiger partial charge on any atom is -0.664 e. The molecule has 0 bridgehead atoms. The summed E-state index contributed by atoms with van der Waals surface area (Å²) in [7, 11) is 0. The number of benzene rings is 1. The molecule has 1 saturated carbocycles. The van der Waals surface area contributed by atoms with Crippen molar-refractivity contribution in [3.8, 4) is 0 Å². The van der Waals surface area contributed by atoms with Crippen molar-refractivity contribution in [1.82, 2.24) is 0 Å². The molecule has 0 radical (unpaired) electrons. The second kappa shape index (κ2) is 18.9. The van der Waals surface area contributed by atoms with Gasteiger partial charge in [-0.25, -0.2) is 0 Å². The Labute approximate surface area is 193 Å². The van der Waals surface area contributed by atoms with E-state index >= 15 is 0 Å². The van der Waals surface area contributed by atoms with Crippen LogP contribution in [0.15, 0.2) is 78.9 Å². The van der Waals surface area contributed by atoms with Crippen LogP contribution in [-0.2, 0) is 21.7 Å². The summed E-state index contributed by atoms with van der Waals surface area (Å²) < 4.78 is 0. The molecule has 2 aliphatic rings. The van der Waals surface area contributed by atoms with E-state index in [0.717, 1.165) is 23.0 Å². The van der Waals surface area contributed by atoms with Gasteiger partial charge in [0.2, 0.25) is 0 Å². The van der Waals surface area contributed by atoms with Gasteiger partial charge in [0.1, 0.15) is 0 Å². The Kier molecular flexibility index (Phi) is 23.1. The van der Waals surface area contributed by atoms with E-state index < -0.39 is 5.91 Å². The van der Waals surface area contributed by atoms with Crippen molar-refractivity contribution in [1.29, 1.82) is 0 Å². The third-order valence-electron chi connectivity index (χ3n) is 4.00. The smallest absolute Gasteiger partial charge is 0.664 e. The maximum atomic E-state index is 10.3. The van der Waals surface area contributed by atoms with Crippen LogP contribution in [0.25, 0.3) is 5.73 Å². The number of amides is 1. The largest absolute Gasteiger partial charge is 4.00 e. The summed E-state index contributed by atoms with van der Waals surface area (Å²) >= 11 is 0. The molecular weight excluding hydrogens is 394 g/mol. The second-order valence-electron chi connectivity index (χ2n) is 6.08. The normalized spacial score (nSPS) is 17.1. The van der Waals surface area contributed by atoms with Crippen LogP contribution in [0.5, 0.6) is 0 Å². The van der Waals surface area contributed by atoms with Gasteiger partial charge in [0.15, 0.2) is 0 Å². The quantitative estimate of drug-likeness (QED) is 0.331. The molecule has 1 fully saturated rings. The van der Waals surface area contributed by atoms with Crippen LogP contribution in [0.4, 0.5) is 0 Å². The molecule has 0 aliphatic heterocycles. The van der Waals surface area contributed by atoms with Crippen molar-refractivity contribution in [2.45, 2.75) is 26.7 Å². The molecule has 0 heterocycles. The molecule has 2 unspecified atom stereocenters. The number of hydrogen-bond donors (Lipinski definition) is 0. The minimum absolute atomic E-state index is 0. The van der Waals surface area contributed by atoms with E-state index in [1.165, 1.54) is 12.8 Å². The minimum atomic E-state index is -0.629. The summed E-state index contributed by atoms with van der Waals surface area (Å²) in [5, 5.41) is 0. The Balaban J connectivity index is -0.000000147. The first-order valence-corrected chi connectivity index (χ1v) is 8.22. The fourth-order valence-corrected chi connectivity index (χ4v) is 2.28. The van der Waals surface area contributed by atoms with Crippen molar-refractivity contribution in [2.75, 3.05) is 0 Å². The van der Waals surface area contributed by atoms with E-state index in [1.807, 2.05) is 19.9 Å². The van der Waals surface area contributed by atoms with Gasteiger partial charge in [-0.2, -0.15) is 6.42 Å². The maximum Gasteiger partial charge on any atom is 4.00 e. The average Bonchev–Trinajstić information content (AvgIpc) is 3.05. The average molecular weight is 432 g/mol. The summed E-state index contributed by atoms with van der Waals surface area (Å²) in [5.74, 6) is 0.987. The molecular formula is C24H37NOSiTi. The van der Waals surface area contributed by atoms with Crippen molar-refractivity contribution in [2.24, 2.45) is 11.8 Å². The van der Waals surface area contributed by atoms with Crippen molar-refractivity contribution in [3.63, 3.8) is 0 Å². The van der Waals surface area contributed by atoms with E-state index in [2.05, 4.69) is 43.9 Å². The van der Waals surface area contributed by atoms with Crippen molar-refractivity contribution < 1.29 is 26.5 Å². The molecule has 152 valence electrons. The second-order valence-corrected chi connectivity index (χ2v) is 6.08. The first kappa shape index (κ1) is 34.1. The number of carbonyl (C=O) groups excluding carboxylic acids is 1. The monoisotopic (exact) mass is 431 g/mol. The van der Waals surface area contributed by atoms with Gasteiger partial charge in [-0.05, 0) is 36.3 Å². The zero-order valence-electron chi connectivity index (χ0n) is 17.2. The number of rotatable bonds is 2. The number of nitrogens with one attached hydrogen (secondary N) is 1. The molecule has 0 spiro atoms. The van der Waals surface area contributed by atoms with E-state index in [4.69, 9.17) is 5.73 Å². The summed E-state index contributed by atoms with van der Waals surface area (Å²) in [6.07, 6.45) is 14.1. The van der Waals surface area contributed by atoms with Gasteiger partial charge in [0, 0.05) is 0 Å². The van der Waals surface area contributed by atoms with Gasteiger partial charge >= 0.3 is 21.7 Å². The van der Waals surface area contributed by atoms with Crippen molar-refractivity contribution >= 4 is 16.9 Å². The molecule has 28 heavy (non-hydrogen) atoms. The molecule has 1 aromatic rings. The first-order chi connectivity index (χ1) is 11.4. The Morgan fingerprint density at radius 2 is 1.54 bits per heavy atom. The van der Waals surface area contributed by atoms with E-state index in [1.54, 1.807) is 24.3 Å². The predicted molar refractivity (Wildman–Crippen MR) is 128 cm³/mol. The SMILES string of the molecule is C1=CC2[CH-]CCC2C=C1.C=C(C)C(=C)C.[CH3-].[CH3-].[NH-]C(=O)c1ccccc1.[SiH4].[Ti+4]. The molecule has 3 rings (SSSR count). The maximum absolute atomic E-state index is 10.3. The van der Waals surface area contributed by atoms with Crippen LogP contribution in [-0.4, -0.2) is 16.9 Å². The Bertz CT molecular complexity index is 593. The third-order valence-corrected chi connectivity index (χ3v) is 4.00. The van der Waals surface area contributed by atoms with Crippen LogP contribution in [0.3, 0.4) is 0 Å². The van der Waals surface area contributed by atoms with Crippen molar-refractivity contribution in [3.05, 3.63) is 112 Å². The fourth-order valence-electron chi connectivity index (χ4n) is 2.28. The third kappa shape index (κ3) is 13.7. The number of hydrogen-bond acceptors (Lipinski definition) is 1. The van der Waals surface area contributed by atoms with Crippen LogP contribution in [0, 0.1) is 33.1 Å². The molecule has 4 heteroatoms. The molecule has 1 aromatic carbocycles. The first-order valence-electron chi connectivity index (χ1n) is 8.22. The molecule has 1 amide bonds. The zero-order chi connectivity index (χ0) is 17.9. The molecule has 2 aliphatic carbocycles. The van der Waals surface area contributed by atoms with Gasteiger partial charge in [-0.3, -0.25) is 0 Å². The predicted octanol–water partition coefficient (Wildman–Crippen LogP) is 5.81. The number of fused-ring (bicyclic) bond motifs is 1. The molecule has 2 atom stereocenters. The summed E-state index contributed by atoms with van der Waals surface area (Å²) in [6, 6.07) is 8.53. The van der Waals surface area contributed by atoms with Gasteiger partial charge in [-0.15, -0.1) is 12.0 Å². The van der Waals surface area contributed by atoms with Crippen LogP contribution in [0.1, 0.15) is 37.0 Å². The molecule has 0 aromatic heterocycles. The summed E-state index contributed by atoms with van der Waals surface area (Å²) in [4.78, 5) is 10.3. The van der Waals surface area contributed by atoms with Crippen LogP contribution in [0.2, 0.25) is 0 Å². The molecule has 2 nitrogen and oxygen atoms in total. The van der Waals surface area contributed by atoms with Crippen LogP contribution < -0.4 is 0 Å². The topological polar surface area (TPSA) is 40.9 Å². The fraction of sp³-hybridized carbons (Fsp3) is 0.250. The zero-order valence-corrected chi connectivity index (χ0v) is 18.7. The van der Waals surface area contributed by atoms with Gasteiger partial charge in [0.25, 0.3) is 0 Å². The van der Waals surface area contributed by atoms with E-state index in [9.17, 15) is 4.79 Å². The van der Waals surface area contributed by atoms with E-state index in [-0.39, 0.29) is 47.5 Å².